The van der Waals surface area contributed by atoms with Gasteiger partial charge in [-0.1, -0.05) is 19.3 Å². The van der Waals surface area contributed by atoms with E-state index < -0.39 is 11.8 Å². The molecule has 3 N–H and O–H groups in total. The van der Waals surface area contributed by atoms with Crippen molar-refractivity contribution in [2.45, 2.75) is 32.1 Å². The van der Waals surface area contributed by atoms with Crippen LogP contribution >= 0.6 is 22.6 Å². The van der Waals surface area contributed by atoms with Crippen LogP contribution in [0.15, 0.2) is 42.5 Å². The summed E-state index contributed by atoms with van der Waals surface area (Å²) in [5.41, 5.74) is 6.22. The predicted octanol–water partition coefficient (Wildman–Crippen LogP) is 3.89. The Labute approximate surface area is 189 Å². The monoisotopic (exact) mass is 521 g/mol. The number of amides is 3. The largest absolute Gasteiger partial charge is 0.496 e. The van der Waals surface area contributed by atoms with Crippen LogP contribution in [0.1, 0.15) is 52.8 Å². The number of hydrazine groups is 1. The summed E-state index contributed by atoms with van der Waals surface area (Å²) in [4.78, 5) is 36.9. The highest BCUT2D eigenvalue weighted by Crippen LogP contribution is 2.25. The summed E-state index contributed by atoms with van der Waals surface area (Å²) in [5, 5.41) is 2.91. The second kappa shape index (κ2) is 10.4. The maximum absolute atomic E-state index is 12.3. The van der Waals surface area contributed by atoms with Gasteiger partial charge in [0.1, 0.15) is 5.75 Å². The molecule has 0 atom stereocenters. The summed E-state index contributed by atoms with van der Waals surface area (Å²) in [5.74, 6) is -0.102. The molecule has 2 aromatic rings. The Morgan fingerprint density at radius 1 is 0.900 bits per heavy atom. The van der Waals surface area contributed by atoms with E-state index in [2.05, 4.69) is 38.8 Å². The first-order valence-corrected chi connectivity index (χ1v) is 10.9. The molecule has 158 valence electrons. The van der Waals surface area contributed by atoms with Gasteiger partial charge < -0.3 is 10.1 Å². The normalized spacial score (nSPS) is 13.9. The molecule has 1 aliphatic rings. The summed E-state index contributed by atoms with van der Waals surface area (Å²) >= 11 is 2.07. The van der Waals surface area contributed by atoms with Crippen molar-refractivity contribution in [1.82, 2.24) is 10.9 Å². The fraction of sp³-hybridized carbons (Fsp3) is 0.318. The molecule has 0 saturated heterocycles. The maximum Gasteiger partial charge on any atom is 0.269 e. The van der Waals surface area contributed by atoms with Gasteiger partial charge in [0.2, 0.25) is 5.91 Å². The number of halogens is 1. The zero-order valence-corrected chi connectivity index (χ0v) is 18.8. The lowest BCUT2D eigenvalue weighted by Crippen LogP contribution is -2.41. The third-order valence-electron chi connectivity index (χ3n) is 5.09. The number of rotatable bonds is 5. The Bertz CT molecular complexity index is 924. The smallest absolute Gasteiger partial charge is 0.269 e. The molecular formula is C22H24IN3O4. The van der Waals surface area contributed by atoms with Crippen molar-refractivity contribution >= 4 is 46.0 Å². The van der Waals surface area contributed by atoms with Crippen LogP contribution in [0.25, 0.3) is 0 Å². The topological polar surface area (TPSA) is 96.5 Å². The maximum atomic E-state index is 12.3. The molecule has 0 bridgehead atoms. The van der Waals surface area contributed by atoms with E-state index in [-0.39, 0.29) is 11.8 Å². The first-order chi connectivity index (χ1) is 14.5. The van der Waals surface area contributed by atoms with Crippen LogP contribution in [-0.2, 0) is 4.79 Å². The molecule has 1 saturated carbocycles. The van der Waals surface area contributed by atoms with E-state index in [0.29, 0.717) is 22.6 Å². The number of hydrogen-bond donors (Lipinski definition) is 3. The van der Waals surface area contributed by atoms with Gasteiger partial charge in [-0.2, -0.15) is 0 Å². The van der Waals surface area contributed by atoms with E-state index in [4.69, 9.17) is 4.74 Å². The second-order valence-corrected chi connectivity index (χ2v) is 8.32. The number of anilines is 1. The summed E-state index contributed by atoms with van der Waals surface area (Å²) < 4.78 is 5.96. The van der Waals surface area contributed by atoms with Crippen molar-refractivity contribution in [3.63, 3.8) is 0 Å². The Kier molecular flexibility index (Phi) is 7.67. The number of methoxy groups -OCH3 is 1. The molecule has 7 nitrogen and oxygen atoms in total. The SMILES string of the molecule is COc1ccc(C(=O)NNC(=O)c2ccc(NC(=O)C3CCCCC3)cc2)cc1I. The van der Waals surface area contributed by atoms with Crippen LogP contribution < -0.4 is 20.9 Å². The van der Waals surface area contributed by atoms with Crippen LogP contribution in [0.2, 0.25) is 0 Å². The molecule has 0 heterocycles. The molecule has 1 aliphatic carbocycles. The quantitative estimate of drug-likeness (QED) is 0.411. The Morgan fingerprint density at radius 2 is 1.50 bits per heavy atom. The lowest BCUT2D eigenvalue weighted by molar-refractivity contribution is -0.120. The number of benzene rings is 2. The van der Waals surface area contributed by atoms with Gasteiger partial charge in [-0.05, 0) is 77.9 Å². The highest BCUT2D eigenvalue weighted by Gasteiger charge is 2.21. The molecule has 8 heteroatoms. The Hall–Kier alpha value is -2.62. The van der Waals surface area contributed by atoms with E-state index in [9.17, 15) is 14.4 Å². The molecular weight excluding hydrogens is 497 g/mol. The van der Waals surface area contributed by atoms with Crippen LogP contribution in [0, 0.1) is 9.49 Å². The van der Waals surface area contributed by atoms with Crippen LogP contribution in [-0.4, -0.2) is 24.8 Å². The van der Waals surface area contributed by atoms with Gasteiger partial charge in [0.25, 0.3) is 11.8 Å². The minimum Gasteiger partial charge on any atom is -0.496 e. The zero-order chi connectivity index (χ0) is 21.5. The van der Waals surface area contributed by atoms with Crippen molar-refractivity contribution in [2.75, 3.05) is 12.4 Å². The molecule has 1 fully saturated rings. The predicted molar refractivity (Wildman–Crippen MR) is 122 cm³/mol. The first-order valence-electron chi connectivity index (χ1n) is 9.83. The third kappa shape index (κ3) is 5.71. The lowest BCUT2D eigenvalue weighted by Gasteiger charge is -2.20. The molecule has 0 aliphatic heterocycles. The molecule has 0 unspecified atom stereocenters. The van der Waals surface area contributed by atoms with Gasteiger partial charge in [-0.25, -0.2) is 0 Å². The van der Waals surface area contributed by atoms with Gasteiger partial charge in [0.15, 0.2) is 0 Å². The number of nitrogens with one attached hydrogen (secondary N) is 3. The molecule has 3 amide bonds. The highest BCUT2D eigenvalue weighted by atomic mass is 127. The van der Waals surface area contributed by atoms with E-state index >= 15 is 0 Å². The highest BCUT2D eigenvalue weighted by molar-refractivity contribution is 14.1. The summed E-state index contributed by atoms with van der Waals surface area (Å²) in [6, 6.07) is 11.6. The van der Waals surface area contributed by atoms with Crippen molar-refractivity contribution in [1.29, 1.82) is 0 Å². The van der Waals surface area contributed by atoms with Crippen molar-refractivity contribution in [2.24, 2.45) is 5.92 Å². The summed E-state index contributed by atoms with van der Waals surface area (Å²) in [6.45, 7) is 0. The second-order valence-electron chi connectivity index (χ2n) is 7.16. The number of ether oxygens (including phenoxy) is 1. The first kappa shape index (κ1) is 22.1. The van der Waals surface area contributed by atoms with Crippen molar-refractivity contribution in [3.8, 4) is 5.75 Å². The Morgan fingerprint density at radius 3 is 2.10 bits per heavy atom. The fourth-order valence-electron chi connectivity index (χ4n) is 3.38. The number of carbonyl (C=O) groups excluding carboxylic acids is 3. The average molecular weight is 521 g/mol. The van der Waals surface area contributed by atoms with Crippen LogP contribution in [0.5, 0.6) is 5.75 Å². The van der Waals surface area contributed by atoms with E-state index in [0.717, 1.165) is 29.3 Å². The molecule has 0 radical (unpaired) electrons. The molecule has 0 spiro atoms. The van der Waals surface area contributed by atoms with Gasteiger partial charge in [-0.15, -0.1) is 0 Å². The van der Waals surface area contributed by atoms with E-state index in [1.165, 1.54) is 6.42 Å². The number of carbonyl (C=O) groups is 3. The van der Waals surface area contributed by atoms with Gasteiger partial charge in [0, 0.05) is 22.7 Å². The lowest BCUT2D eigenvalue weighted by atomic mass is 9.88. The summed E-state index contributed by atoms with van der Waals surface area (Å²) in [6.07, 6.45) is 5.25. The van der Waals surface area contributed by atoms with Gasteiger partial charge in [-0.3, -0.25) is 25.2 Å². The van der Waals surface area contributed by atoms with Crippen molar-refractivity contribution in [3.05, 3.63) is 57.2 Å². The molecule has 30 heavy (non-hydrogen) atoms. The van der Waals surface area contributed by atoms with Crippen LogP contribution in [0.3, 0.4) is 0 Å². The minimum atomic E-state index is -0.447. The minimum absolute atomic E-state index is 0.0355. The van der Waals surface area contributed by atoms with E-state index in [1.54, 1.807) is 49.6 Å². The standard InChI is InChI=1S/C22H24IN3O4/c1-30-19-12-9-16(13-18(19)23)22(29)26-25-21(28)15-7-10-17(11-8-15)24-20(27)14-5-3-2-4-6-14/h7-14H,2-6H2,1H3,(H,24,27)(H,25,28)(H,26,29). The summed E-state index contributed by atoms with van der Waals surface area (Å²) in [7, 11) is 1.56. The van der Waals surface area contributed by atoms with Gasteiger partial charge in [0.05, 0.1) is 10.7 Å². The van der Waals surface area contributed by atoms with Crippen molar-refractivity contribution < 1.29 is 19.1 Å². The van der Waals surface area contributed by atoms with Crippen LogP contribution in [0.4, 0.5) is 5.69 Å². The van der Waals surface area contributed by atoms with Gasteiger partial charge >= 0.3 is 0 Å². The van der Waals surface area contributed by atoms with E-state index in [1.807, 2.05) is 0 Å². The molecule has 2 aromatic carbocycles. The average Bonchev–Trinajstić information content (AvgIpc) is 2.78. The molecule has 3 rings (SSSR count). The number of hydrogen-bond acceptors (Lipinski definition) is 4. The molecule has 0 aromatic heterocycles. The Balaban J connectivity index is 1.52. The zero-order valence-electron chi connectivity index (χ0n) is 16.7. The fourth-order valence-corrected chi connectivity index (χ4v) is 4.12. The third-order valence-corrected chi connectivity index (χ3v) is 5.94.